The molecule has 0 unspecified atom stereocenters. The number of rotatable bonds is 6. The summed E-state index contributed by atoms with van der Waals surface area (Å²) in [5, 5.41) is 9.26. The molecule has 5 rings (SSSR count). The molecule has 10 heteroatoms. The van der Waals surface area contributed by atoms with E-state index in [4.69, 9.17) is 4.74 Å². The molecule has 1 amide bonds. The maximum atomic E-state index is 13.3. The number of aromatic nitrogens is 1. The van der Waals surface area contributed by atoms with Crippen LogP contribution in [0.25, 0.3) is 0 Å². The number of hydrogen-bond acceptors (Lipinski definition) is 6. The maximum Gasteiger partial charge on any atom is 0.275 e. The normalized spacial score (nSPS) is 18.6. The fourth-order valence-electron chi connectivity index (χ4n) is 4.97. The fourth-order valence-corrected chi connectivity index (χ4v) is 6.19. The monoisotopic (exact) mass is 504 g/mol. The van der Waals surface area contributed by atoms with E-state index >= 15 is 0 Å². The van der Waals surface area contributed by atoms with E-state index in [0.717, 1.165) is 12.1 Å². The van der Waals surface area contributed by atoms with Crippen molar-refractivity contribution in [3.63, 3.8) is 0 Å². The molecule has 1 N–H and O–H groups in total. The van der Waals surface area contributed by atoms with E-state index < -0.39 is 15.6 Å². The van der Waals surface area contributed by atoms with Gasteiger partial charge in [0.15, 0.2) is 6.61 Å². The zero-order valence-electron chi connectivity index (χ0n) is 19.3. The van der Waals surface area contributed by atoms with Gasteiger partial charge < -0.3 is 14.2 Å². The number of anilines is 1. The summed E-state index contributed by atoms with van der Waals surface area (Å²) in [6.45, 7) is 1.30. The summed E-state index contributed by atoms with van der Waals surface area (Å²) < 4.78 is 35.4. The van der Waals surface area contributed by atoms with E-state index in [1.807, 2.05) is 24.3 Å². The number of carbonyl (C=O) groups excluding carboxylic acids is 1. The molecule has 1 fully saturated rings. The first kappa shape index (κ1) is 23.6. The van der Waals surface area contributed by atoms with Crippen LogP contribution in [0.2, 0.25) is 0 Å². The summed E-state index contributed by atoms with van der Waals surface area (Å²) in [4.78, 5) is 27.7. The molecule has 0 saturated carbocycles. The van der Waals surface area contributed by atoms with Crippen molar-refractivity contribution in [3.05, 3.63) is 88.3 Å². The molecule has 1 aromatic heterocycles. The number of piperidine rings is 1. The Balaban J connectivity index is 1.34. The minimum atomic E-state index is -4.13. The van der Waals surface area contributed by atoms with Crippen LogP contribution in [0.1, 0.15) is 23.6 Å². The number of nitriles is 1. The molecule has 2 aromatic carbocycles. The van der Waals surface area contributed by atoms with Gasteiger partial charge in [-0.15, -0.1) is 0 Å². The van der Waals surface area contributed by atoms with E-state index in [0.29, 0.717) is 25.4 Å². The lowest BCUT2D eigenvalue weighted by atomic mass is 9.83. The molecule has 36 heavy (non-hydrogen) atoms. The van der Waals surface area contributed by atoms with Gasteiger partial charge in [0.1, 0.15) is 22.4 Å². The second-order valence-corrected chi connectivity index (χ2v) is 10.7. The lowest BCUT2D eigenvalue weighted by Crippen LogP contribution is -2.50. The number of amides is 1. The number of nitrogens with zero attached hydrogens (tertiary/aromatic N) is 3. The highest BCUT2D eigenvalue weighted by Crippen LogP contribution is 2.35. The Kier molecular flexibility index (Phi) is 6.24. The minimum absolute atomic E-state index is 0.00130. The van der Waals surface area contributed by atoms with E-state index in [1.165, 1.54) is 24.3 Å². The summed E-state index contributed by atoms with van der Waals surface area (Å²) in [7, 11) is -4.13. The summed E-state index contributed by atoms with van der Waals surface area (Å²) in [5.41, 5.74) is 0.264. The van der Waals surface area contributed by atoms with Crippen LogP contribution in [-0.2, 0) is 21.4 Å². The molecule has 0 spiro atoms. The highest BCUT2D eigenvalue weighted by atomic mass is 32.2. The first-order valence-corrected chi connectivity index (χ1v) is 13.1. The Labute approximate surface area is 208 Å². The third kappa shape index (κ3) is 4.57. The standard InChI is InChI=1S/C26H24N4O5S/c27-13-19-6-4-5-9-24(19)36(33,34)28-22-10-11-23-20-12-18(15-30(23)26(22)32)14-29(16-20)25(31)17-35-21-7-2-1-3-8-21/h1-11,18,20,28H,12,14-17H2/t18-,20-/m1/s1. The Morgan fingerprint density at radius 2 is 1.78 bits per heavy atom. The van der Waals surface area contributed by atoms with Crippen LogP contribution in [0.15, 0.2) is 76.4 Å². The van der Waals surface area contributed by atoms with Gasteiger partial charge in [0.25, 0.3) is 21.5 Å². The molecule has 2 atom stereocenters. The molecule has 2 bridgehead atoms. The number of para-hydroxylation sites is 1. The molecular weight excluding hydrogens is 480 g/mol. The summed E-state index contributed by atoms with van der Waals surface area (Å²) in [5.74, 6) is 0.564. The number of carbonyl (C=O) groups is 1. The smallest absolute Gasteiger partial charge is 0.275 e. The lowest BCUT2D eigenvalue weighted by molar-refractivity contribution is -0.136. The van der Waals surface area contributed by atoms with E-state index in [-0.39, 0.29) is 40.5 Å². The van der Waals surface area contributed by atoms with Crippen LogP contribution in [0.3, 0.4) is 0 Å². The third-order valence-electron chi connectivity index (χ3n) is 6.60. The highest BCUT2D eigenvalue weighted by molar-refractivity contribution is 7.92. The van der Waals surface area contributed by atoms with Gasteiger partial charge in [-0.05, 0) is 48.7 Å². The Morgan fingerprint density at radius 3 is 2.56 bits per heavy atom. The molecule has 184 valence electrons. The van der Waals surface area contributed by atoms with Crippen molar-refractivity contribution in [2.45, 2.75) is 23.8 Å². The van der Waals surface area contributed by atoms with Crippen LogP contribution in [0, 0.1) is 17.2 Å². The molecular formula is C26H24N4O5S. The first-order valence-electron chi connectivity index (χ1n) is 11.6. The second-order valence-electron chi connectivity index (χ2n) is 9.00. The van der Waals surface area contributed by atoms with Gasteiger partial charge in [0.05, 0.1) is 5.56 Å². The van der Waals surface area contributed by atoms with Crippen LogP contribution >= 0.6 is 0 Å². The summed E-state index contributed by atoms with van der Waals surface area (Å²) in [6.07, 6.45) is 0.851. The van der Waals surface area contributed by atoms with Crippen LogP contribution in [0.4, 0.5) is 5.69 Å². The molecule has 2 aliphatic heterocycles. The average Bonchev–Trinajstić information content (AvgIpc) is 2.89. The first-order chi connectivity index (χ1) is 17.4. The van der Waals surface area contributed by atoms with Crippen LogP contribution < -0.4 is 15.0 Å². The second kappa shape index (κ2) is 9.51. The fraction of sp³-hybridized carbons (Fsp3) is 0.269. The molecule has 3 aromatic rings. The van der Waals surface area contributed by atoms with Gasteiger partial charge in [0, 0.05) is 31.2 Å². The van der Waals surface area contributed by atoms with Crippen molar-refractivity contribution >= 4 is 21.6 Å². The predicted molar refractivity (Wildman–Crippen MR) is 132 cm³/mol. The van der Waals surface area contributed by atoms with E-state index in [1.54, 1.807) is 33.7 Å². The number of pyridine rings is 1. The number of ether oxygens (including phenoxy) is 1. The maximum absolute atomic E-state index is 13.3. The van der Waals surface area contributed by atoms with Gasteiger partial charge in [-0.25, -0.2) is 8.42 Å². The summed E-state index contributed by atoms with van der Waals surface area (Å²) >= 11 is 0. The van der Waals surface area contributed by atoms with Gasteiger partial charge >= 0.3 is 0 Å². The Morgan fingerprint density at radius 1 is 1.03 bits per heavy atom. The molecule has 1 saturated heterocycles. The largest absolute Gasteiger partial charge is 0.484 e. The van der Waals surface area contributed by atoms with Gasteiger partial charge in [-0.3, -0.25) is 14.3 Å². The zero-order chi connectivity index (χ0) is 25.3. The van der Waals surface area contributed by atoms with Crippen molar-refractivity contribution < 1.29 is 17.9 Å². The molecule has 9 nitrogen and oxygen atoms in total. The van der Waals surface area contributed by atoms with Crippen molar-refractivity contribution in [2.24, 2.45) is 5.92 Å². The number of benzene rings is 2. The van der Waals surface area contributed by atoms with E-state index in [9.17, 15) is 23.3 Å². The summed E-state index contributed by atoms with van der Waals surface area (Å²) in [6, 6.07) is 20.1. The number of nitrogens with one attached hydrogen (secondary N) is 1. The minimum Gasteiger partial charge on any atom is -0.484 e. The molecule has 0 radical (unpaired) electrons. The third-order valence-corrected chi connectivity index (χ3v) is 8.03. The molecule has 3 heterocycles. The Bertz CT molecular complexity index is 1510. The number of likely N-dealkylation sites (tertiary alicyclic amines) is 1. The lowest BCUT2D eigenvalue weighted by Gasteiger charge is -2.42. The number of hydrogen-bond donors (Lipinski definition) is 1. The van der Waals surface area contributed by atoms with Crippen molar-refractivity contribution in [3.8, 4) is 11.8 Å². The highest BCUT2D eigenvalue weighted by Gasteiger charge is 2.37. The van der Waals surface area contributed by atoms with Crippen LogP contribution in [0.5, 0.6) is 5.75 Å². The SMILES string of the molecule is N#Cc1ccccc1S(=O)(=O)Nc1ccc2n(c1=O)C[C@@H]1C[C@@H]2CN(C(=O)COc2ccccc2)C1. The van der Waals surface area contributed by atoms with Gasteiger partial charge in [-0.2, -0.15) is 5.26 Å². The number of sulfonamides is 1. The topological polar surface area (TPSA) is 121 Å². The van der Waals surface area contributed by atoms with Gasteiger partial charge in [-0.1, -0.05) is 30.3 Å². The van der Waals surface area contributed by atoms with Crippen molar-refractivity contribution in [2.75, 3.05) is 24.4 Å². The zero-order valence-corrected chi connectivity index (χ0v) is 20.1. The van der Waals surface area contributed by atoms with E-state index in [2.05, 4.69) is 4.72 Å². The van der Waals surface area contributed by atoms with Crippen molar-refractivity contribution in [1.82, 2.24) is 9.47 Å². The molecule has 2 aliphatic rings. The average molecular weight is 505 g/mol. The van der Waals surface area contributed by atoms with Crippen molar-refractivity contribution in [1.29, 1.82) is 5.26 Å². The molecule has 0 aliphatic carbocycles. The van der Waals surface area contributed by atoms with Gasteiger partial charge in [0.2, 0.25) is 0 Å². The number of fused-ring (bicyclic) bond motifs is 4. The van der Waals surface area contributed by atoms with Crippen LogP contribution in [-0.4, -0.2) is 43.5 Å². The Hall–Kier alpha value is -4.10. The quantitative estimate of drug-likeness (QED) is 0.551. The predicted octanol–water partition coefficient (Wildman–Crippen LogP) is 2.55.